The van der Waals surface area contributed by atoms with Gasteiger partial charge >= 0.3 is 0 Å². The third-order valence-electron chi connectivity index (χ3n) is 8.36. The molecule has 0 bridgehead atoms. The van der Waals surface area contributed by atoms with Crippen molar-refractivity contribution in [2.75, 3.05) is 11.5 Å². The highest BCUT2D eigenvalue weighted by Crippen LogP contribution is 2.49. The van der Waals surface area contributed by atoms with Crippen LogP contribution in [0.1, 0.15) is 55.3 Å². The van der Waals surface area contributed by atoms with E-state index in [0.717, 1.165) is 28.1 Å². The van der Waals surface area contributed by atoms with Crippen molar-refractivity contribution in [3.8, 4) is 16.9 Å². The molecule has 10 heteroatoms. The van der Waals surface area contributed by atoms with Crippen LogP contribution in [0.4, 0.5) is 13.2 Å². The van der Waals surface area contributed by atoms with Gasteiger partial charge in [-0.05, 0) is 68.0 Å². The van der Waals surface area contributed by atoms with E-state index < -0.39 is 21.3 Å². The Kier molecular flexibility index (Phi) is 6.17. The Morgan fingerprint density at radius 3 is 2.54 bits per heavy atom. The molecule has 2 heterocycles. The molecule has 206 valence electrons. The lowest BCUT2D eigenvalue weighted by Crippen LogP contribution is -2.50. The lowest BCUT2D eigenvalue weighted by Gasteiger charge is -2.35. The number of benzene rings is 2. The van der Waals surface area contributed by atoms with Gasteiger partial charge in [0.25, 0.3) is 0 Å². The Morgan fingerprint density at radius 2 is 1.87 bits per heavy atom. The number of halogens is 3. The molecule has 0 spiro atoms. The topological polar surface area (TPSA) is 81.1 Å². The van der Waals surface area contributed by atoms with Crippen LogP contribution < -0.4 is 5.32 Å². The predicted octanol–water partition coefficient (Wildman–Crippen LogP) is 4.99. The summed E-state index contributed by atoms with van der Waals surface area (Å²) in [7, 11) is -3.17. The van der Waals surface area contributed by atoms with Crippen LogP contribution in [0, 0.1) is 11.7 Å². The SMILES string of the molecule is C[C@]1(NC(=O)[C@@H]2CCc3c(-c4cccc(C5CC(F)(F)C5)c4)nn(-c4ccc(F)cc4)c3C2)CCS(=O)(=O)C1. The predicted molar refractivity (Wildman–Crippen MR) is 141 cm³/mol. The van der Waals surface area contributed by atoms with E-state index in [-0.39, 0.29) is 47.9 Å². The molecule has 2 fully saturated rings. The second-order valence-corrected chi connectivity index (χ2v) is 13.8. The highest BCUT2D eigenvalue weighted by molar-refractivity contribution is 7.91. The summed E-state index contributed by atoms with van der Waals surface area (Å²) >= 11 is 0. The Hall–Kier alpha value is -3.14. The number of carbonyl (C=O) groups excluding carboxylic acids is 1. The number of sulfone groups is 1. The van der Waals surface area contributed by atoms with Crippen molar-refractivity contribution in [2.24, 2.45) is 5.92 Å². The fourth-order valence-corrected chi connectivity index (χ4v) is 8.30. The molecule has 3 aromatic rings. The fourth-order valence-electron chi connectivity index (χ4n) is 6.21. The van der Waals surface area contributed by atoms with Gasteiger partial charge in [-0.15, -0.1) is 0 Å². The Morgan fingerprint density at radius 1 is 1.13 bits per heavy atom. The van der Waals surface area contributed by atoms with E-state index in [0.29, 0.717) is 31.4 Å². The van der Waals surface area contributed by atoms with Gasteiger partial charge in [-0.25, -0.2) is 26.3 Å². The van der Waals surface area contributed by atoms with E-state index >= 15 is 0 Å². The van der Waals surface area contributed by atoms with Crippen LogP contribution in [0.2, 0.25) is 0 Å². The Balaban J connectivity index is 1.33. The average molecular weight is 558 g/mol. The normalized spacial score (nSPS) is 25.6. The largest absolute Gasteiger partial charge is 0.350 e. The summed E-state index contributed by atoms with van der Waals surface area (Å²) < 4.78 is 66.6. The van der Waals surface area contributed by atoms with Gasteiger partial charge in [-0.3, -0.25) is 4.79 Å². The van der Waals surface area contributed by atoms with Crippen molar-refractivity contribution in [1.29, 1.82) is 0 Å². The molecule has 2 aliphatic carbocycles. The van der Waals surface area contributed by atoms with E-state index in [1.807, 2.05) is 24.3 Å². The Labute approximate surface area is 225 Å². The maximum Gasteiger partial charge on any atom is 0.249 e. The summed E-state index contributed by atoms with van der Waals surface area (Å²) in [5.41, 5.74) is 4.11. The lowest BCUT2D eigenvalue weighted by atomic mass is 9.76. The van der Waals surface area contributed by atoms with E-state index in [1.165, 1.54) is 12.1 Å². The van der Waals surface area contributed by atoms with Crippen molar-refractivity contribution < 1.29 is 26.4 Å². The van der Waals surface area contributed by atoms with Crippen LogP contribution >= 0.6 is 0 Å². The first kappa shape index (κ1) is 26.1. The molecule has 2 aromatic carbocycles. The summed E-state index contributed by atoms with van der Waals surface area (Å²) in [5.74, 6) is -3.72. The molecule has 1 aliphatic heterocycles. The number of nitrogens with one attached hydrogen (secondary N) is 1. The van der Waals surface area contributed by atoms with Crippen molar-refractivity contribution in [2.45, 2.75) is 62.8 Å². The van der Waals surface area contributed by atoms with Crippen LogP contribution in [-0.4, -0.2) is 47.1 Å². The summed E-state index contributed by atoms with van der Waals surface area (Å²) in [4.78, 5) is 13.3. The van der Waals surface area contributed by atoms with Crippen LogP contribution in [0.5, 0.6) is 0 Å². The smallest absolute Gasteiger partial charge is 0.249 e. The summed E-state index contributed by atoms with van der Waals surface area (Å²) in [6, 6.07) is 13.6. The summed E-state index contributed by atoms with van der Waals surface area (Å²) in [5, 5.41) is 7.90. The van der Waals surface area contributed by atoms with Gasteiger partial charge in [0.1, 0.15) is 5.82 Å². The zero-order chi connectivity index (χ0) is 27.6. The molecule has 0 radical (unpaired) electrons. The second-order valence-electron chi connectivity index (χ2n) is 11.6. The monoisotopic (exact) mass is 557 g/mol. The van der Waals surface area contributed by atoms with Crippen molar-refractivity contribution >= 4 is 15.7 Å². The third kappa shape index (κ3) is 5.11. The van der Waals surface area contributed by atoms with Gasteiger partial charge in [0, 0.05) is 42.0 Å². The van der Waals surface area contributed by atoms with Crippen molar-refractivity contribution in [3.63, 3.8) is 0 Å². The van der Waals surface area contributed by atoms with E-state index in [4.69, 9.17) is 5.10 Å². The molecule has 2 atom stereocenters. The van der Waals surface area contributed by atoms with E-state index in [2.05, 4.69) is 5.32 Å². The number of aromatic nitrogens is 2. The van der Waals surface area contributed by atoms with E-state index in [9.17, 15) is 26.4 Å². The molecule has 1 saturated carbocycles. The molecule has 1 N–H and O–H groups in total. The number of carbonyl (C=O) groups is 1. The first-order chi connectivity index (χ1) is 18.4. The number of fused-ring (bicyclic) bond motifs is 1. The van der Waals surface area contributed by atoms with Crippen LogP contribution in [-0.2, 0) is 27.5 Å². The summed E-state index contributed by atoms with van der Waals surface area (Å²) in [6.45, 7) is 1.77. The number of alkyl halides is 2. The number of nitrogens with zero attached hydrogens (tertiary/aromatic N) is 2. The number of rotatable bonds is 5. The highest BCUT2D eigenvalue weighted by Gasteiger charge is 2.46. The maximum absolute atomic E-state index is 13.7. The zero-order valence-corrected chi connectivity index (χ0v) is 22.4. The molecule has 39 heavy (non-hydrogen) atoms. The van der Waals surface area contributed by atoms with Gasteiger partial charge in [-0.1, -0.05) is 18.2 Å². The molecule has 1 amide bonds. The van der Waals surface area contributed by atoms with Gasteiger partial charge in [0.05, 0.1) is 28.4 Å². The molecule has 6 nitrogen and oxygen atoms in total. The van der Waals surface area contributed by atoms with Crippen LogP contribution in [0.15, 0.2) is 48.5 Å². The van der Waals surface area contributed by atoms with Gasteiger partial charge in [-0.2, -0.15) is 5.10 Å². The maximum atomic E-state index is 13.7. The van der Waals surface area contributed by atoms with Crippen LogP contribution in [0.3, 0.4) is 0 Å². The first-order valence-electron chi connectivity index (χ1n) is 13.3. The molecular formula is C29H30F3N3O3S. The molecule has 0 unspecified atom stereocenters. The second kappa shape index (κ2) is 9.21. The molecule has 1 aromatic heterocycles. The summed E-state index contributed by atoms with van der Waals surface area (Å²) in [6.07, 6.45) is 1.61. The minimum atomic E-state index is -3.17. The number of amides is 1. The molecule has 1 saturated heterocycles. The van der Waals surface area contributed by atoms with Crippen LogP contribution in [0.25, 0.3) is 16.9 Å². The minimum absolute atomic E-state index is 0.0648. The molecular weight excluding hydrogens is 527 g/mol. The van der Waals surface area contributed by atoms with Crippen molar-refractivity contribution in [1.82, 2.24) is 15.1 Å². The Bertz CT molecular complexity index is 1540. The number of hydrogen-bond donors (Lipinski definition) is 1. The number of hydrogen-bond acceptors (Lipinski definition) is 4. The average Bonchev–Trinajstić information content (AvgIpc) is 3.38. The lowest BCUT2D eigenvalue weighted by molar-refractivity contribution is -0.126. The quantitative estimate of drug-likeness (QED) is 0.480. The standard InChI is InChI=1S/C29H30F3N3O3S/c1-28(11-12-39(37,38)17-28)33-27(36)20-5-10-24-25(14-20)35(23-8-6-22(30)7-9-23)34-26(24)19-4-2-3-18(13-19)21-15-29(31,32)16-21/h2-4,6-9,13,20-21H,5,10-12,14-17H2,1H3,(H,33,36)/t20-,28+/m1/s1. The highest BCUT2D eigenvalue weighted by atomic mass is 32.2. The minimum Gasteiger partial charge on any atom is -0.350 e. The van der Waals surface area contributed by atoms with Gasteiger partial charge in [0.15, 0.2) is 9.84 Å². The third-order valence-corrected chi connectivity index (χ3v) is 10.3. The van der Waals surface area contributed by atoms with E-state index in [1.54, 1.807) is 23.7 Å². The first-order valence-corrected chi connectivity index (χ1v) is 15.1. The van der Waals surface area contributed by atoms with Gasteiger partial charge in [0.2, 0.25) is 11.8 Å². The fraction of sp³-hybridized carbons (Fsp3) is 0.448. The molecule has 6 rings (SSSR count). The van der Waals surface area contributed by atoms with Crippen molar-refractivity contribution in [3.05, 3.63) is 71.2 Å². The molecule has 3 aliphatic rings. The zero-order valence-electron chi connectivity index (χ0n) is 21.6. The van der Waals surface area contributed by atoms with Gasteiger partial charge < -0.3 is 5.32 Å².